The highest BCUT2D eigenvalue weighted by Gasteiger charge is 2.23. The molecule has 2 unspecified atom stereocenters. The third kappa shape index (κ3) is 2.58. The maximum Gasteiger partial charge on any atom is 0.205 e. The molecule has 2 atom stereocenters. The summed E-state index contributed by atoms with van der Waals surface area (Å²) in [5.74, 6) is 7.91. The predicted molar refractivity (Wildman–Crippen MR) is 66.8 cm³/mol. The Kier molecular flexibility index (Phi) is 3.63. The molecule has 2 rings (SSSR count). The van der Waals surface area contributed by atoms with Crippen LogP contribution in [0.1, 0.15) is 26.2 Å². The lowest BCUT2D eigenvalue weighted by Crippen LogP contribution is -2.18. The van der Waals surface area contributed by atoms with Gasteiger partial charge in [0, 0.05) is 6.04 Å². The summed E-state index contributed by atoms with van der Waals surface area (Å²) in [6.45, 7) is 2.27. The third-order valence-corrected chi connectivity index (χ3v) is 3.18. The molecule has 0 saturated heterocycles. The van der Waals surface area contributed by atoms with Crippen LogP contribution in [-0.2, 0) is 0 Å². The zero-order chi connectivity index (χ0) is 12.3. The summed E-state index contributed by atoms with van der Waals surface area (Å²) in [4.78, 5) is 8.21. The van der Waals surface area contributed by atoms with Gasteiger partial charge in [0.1, 0.15) is 6.33 Å². The zero-order valence-electron chi connectivity index (χ0n) is 10.2. The van der Waals surface area contributed by atoms with Crippen molar-refractivity contribution in [2.45, 2.75) is 32.2 Å². The molecular formula is C11H19N5O. The molecule has 0 aromatic carbocycles. The van der Waals surface area contributed by atoms with E-state index in [4.69, 9.17) is 10.6 Å². The van der Waals surface area contributed by atoms with Crippen LogP contribution in [0.4, 0.5) is 11.6 Å². The Balaban J connectivity index is 2.14. The first-order valence-corrected chi connectivity index (χ1v) is 5.86. The van der Waals surface area contributed by atoms with Crippen LogP contribution in [0.5, 0.6) is 5.75 Å². The van der Waals surface area contributed by atoms with E-state index >= 15 is 0 Å². The maximum absolute atomic E-state index is 5.38. The van der Waals surface area contributed by atoms with Gasteiger partial charge in [-0.05, 0) is 25.2 Å². The molecule has 1 aliphatic carbocycles. The number of hydrogen-bond acceptors (Lipinski definition) is 6. The van der Waals surface area contributed by atoms with Gasteiger partial charge < -0.3 is 15.5 Å². The van der Waals surface area contributed by atoms with Gasteiger partial charge >= 0.3 is 0 Å². The summed E-state index contributed by atoms with van der Waals surface area (Å²) < 4.78 is 5.27. The van der Waals surface area contributed by atoms with E-state index in [1.54, 1.807) is 7.11 Å². The van der Waals surface area contributed by atoms with Gasteiger partial charge in [0.05, 0.1) is 7.11 Å². The van der Waals surface area contributed by atoms with Gasteiger partial charge in [-0.3, -0.25) is 0 Å². The first kappa shape index (κ1) is 11.9. The van der Waals surface area contributed by atoms with Crippen LogP contribution in [0, 0.1) is 5.92 Å². The van der Waals surface area contributed by atoms with Crippen molar-refractivity contribution in [1.29, 1.82) is 0 Å². The number of hydrazine groups is 1. The van der Waals surface area contributed by atoms with Crippen molar-refractivity contribution in [1.82, 2.24) is 9.97 Å². The number of rotatable bonds is 4. The van der Waals surface area contributed by atoms with Crippen LogP contribution in [-0.4, -0.2) is 23.1 Å². The second-order valence-corrected chi connectivity index (χ2v) is 4.51. The standard InChI is InChI=1S/C11H19N5O/c1-7-3-4-8(5-7)15-10-9(17-2)11(16-12)14-6-13-10/h6-8H,3-5,12H2,1-2H3,(H2,13,14,15,16). The van der Waals surface area contributed by atoms with Crippen molar-refractivity contribution in [3.8, 4) is 5.75 Å². The van der Waals surface area contributed by atoms with Crippen molar-refractivity contribution in [3.05, 3.63) is 6.33 Å². The fourth-order valence-corrected chi connectivity index (χ4v) is 2.30. The van der Waals surface area contributed by atoms with E-state index in [1.807, 2.05) is 0 Å². The van der Waals surface area contributed by atoms with Crippen molar-refractivity contribution in [2.75, 3.05) is 17.9 Å². The molecule has 0 amide bonds. The fraction of sp³-hybridized carbons (Fsp3) is 0.636. The highest BCUT2D eigenvalue weighted by molar-refractivity contribution is 5.63. The Labute approximate surface area is 101 Å². The van der Waals surface area contributed by atoms with Gasteiger partial charge in [0.15, 0.2) is 11.6 Å². The molecule has 17 heavy (non-hydrogen) atoms. The molecule has 1 heterocycles. The molecule has 1 aromatic heterocycles. The van der Waals surface area contributed by atoms with E-state index < -0.39 is 0 Å². The van der Waals surface area contributed by atoms with Crippen LogP contribution in [0.3, 0.4) is 0 Å². The molecule has 0 spiro atoms. The lowest BCUT2D eigenvalue weighted by molar-refractivity contribution is 0.414. The average Bonchev–Trinajstić information content (AvgIpc) is 2.74. The highest BCUT2D eigenvalue weighted by Crippen LogP contribution is 2.32. The summed E-state index contributed by atoms with van der Waals surface area (Å²) in [5.41, 5.74) is 2.50. The smallest absolute Gasteiger partial charge is 0.205 e. The van der Waals surface area contributed by atoms with Crippen LogP contribution in [0.15, 0.2) is 6.33 Å². The highest BCUT2D eigenvalue weighted by atomic mass is 16.5. The third-order valence-electron chi connectivity index (χ3n) is 3.18. The second kappa shape index (κ2) is 5.18. The molecule has 1 aromatic rings. The first-order chi connectivity index (χ1) is 8.24. The lowest BCUT2D eigenvalue weighted by Gasteiger charge is -2.16. The Bertz CT molecular complexity index is 384. The Hall–Kier alpha value is -1.56. The normalized spacial score (nSPS) is 23.5. The Morgan fingerprint density at radius 1 is 1.35 bits per heavy atom. The molecule has 6 heteroatoms. The number of ether oxygens (including phenoxy) is 1. The van der Waals surface area contributed by atoms with E-state index in [-0.39, 0.29) is 0 Å². The summed E-state index contributed by atoms with van der Waals surface area (Å²) in [5, 5.41) is 3.39. The van der Waals surface area contributed by atoms with Crippen LogP contribution in [0.2, 0.25) is 0 Å². The van der Waals surface area contributed by atoms with Gasteiger partial charge in [-0.2, -0.15) is 0 Å². The number of anilines is 2. The van der Waals surface area contributed by atoms with Crippen molar-refractivity contribution in [2.24, 2.45) is 11.8 Å². The molecule has 0 aliphatic heterocycles. The molecule has 1 saturated carbocycles. The van der Waals surface area contributed by atoms with E-state index in [0.29, 0.717) is 23.4 Å². The summed E-state index contributed by atoms with van der Waals surface area (Å²) in [7, 11) is 1.59. The number of aromatic nitrogens is 2. The zero-order valence-corrected chi connectivity index (χ0v) is 10.2. The first-order valence-electron chi connectivity index (χ1n) is 5.86. The lowest BCUT2D eigenvalue weighted by atomic mass is 10.1. The van der Waals surface area contributed by atoms with Crippen LogP contribution >= 0.6 is 0 Å². The fourth-order valence-electron chi connectivity index (χ4n) is 2.30. The summed E-state index contributed by atoms with van der Waals surface area (Å²) >= 11 is 0. The number of nitrogens with one attached hydrogen (secondary N) is 2. The van der Waals surface area contributed by atoms with E-state index in [1.165, 1.54) is 25.6 Å². The van der Waals surface area contributed by atoms with Gasteiger partial charge in [0.2, 0.25) is 5.75 Å². The largest absolute Gasteiger partial charge is 0.490 e. The summed E-state index contributed by atoms with van der Waals surface area (Å²) in [6.07, 6.45) is 5.06. The SMILES string of the molecule is COc1c(NN)ncnc1NC1CCC(C)C1. The molecule has 1 aliphatic rings. The number of methoxy groups -OCH3 is 1. The Morgan fingerprint density at radius 3 is 2.71 bits per heavy atom. The molecule has 0 bridgehead atoms. The monoisotopic (exact) mass is 237 g/mol. The number of nitrogens with zero attached hydrogens (tertiary/aromatic N) is 2. The number of hydrogen-bond donors (Lipinski definition) is 3. The average molecular weight is 237 g/mol. The minimum atomic E-state index is 0.458. The van der Waals surface area contributed by atoms with E-state index in [0.717, 1.165) is 5.92 Å². The molecule has 4 N–H and O–H groups in total. The molecular weight excluding hydrogens is 218 g/mol. The summed E-state index contributed by atoms with van der Waals surface area (Å²) in [6, 6.07) is 0.458. The van der Waals surface area contributed by atoms with Gasteiger partial charge in [0.25, 0.3) is 0 Å². The molecule has 1 fully saturated rings. The van der Waals surface area contributed by atoms with E-state index in [9.17, 15) is 0 Å². The van der Waals surface area contributed by atoms with Gasteiger partial charge in [-0.1, -0.05) is 6.92 Å². The maximum atomic E-state index is 5.38. The second-order valence-electron chi connectivity index (χ2n) is 4.51. The van der Waals surface area contributed by atoms with Gasteiger partial charge in [-0.15, -0.1) is 0 Å². The minimum absolute atomic E-state index is 0.458. The minimum Gasteiger partial charge on any atom is -0.490 e. The predicted octanol–water partition coefficient (Wildman–Crippen LogP) is 1.37. The van der Waals surface area contributed by atoms with Crippen molar-refractivity contribution < 1.29 is 4.74 Å². The molecule has 6 nitrogen and oxygen atoms in total. The Morgan fingerprint density at radius 2 is 2.12 bits per heavy atom. The van der Waals surface area contributed by atoms with Crippen LogP contribution < -0.4 is 21.3 Å². The van der Waals surface area contributed by atoms with Crippen LogP contribution in [0.25, 0.3) is 0 Å². The number of nitrogens with two attached hydrogens (primary N) is 1. The van der Waals surface area contributed by atoms with Gasteiger partial charge in [-0.25, -0.2) is 15.8 Å². The van der Waals surface area contributed by atoms with E-state index in [2.05, 4.69) is 27.6 Å². The topological polar surface area (TPSA) is 85.1 Å². The van der Waals surface area contributed by atoms with Crippen molar-refractivity contribution in [3.63, 3.8) is 0 Å². The van der Waals surface area contributed by atoms with Crippen molar-refractivity contribution >= 4 is 11.6 Å². The number of nitrogen functional groups attached to an aromatic ring is 1. The quantitative estimate of drug-likeness (QED) is 0.542. The molecule has 94 valence electrons. The molecule has 0 radical (unpaired) electrons.